The number of halogens is 1. The summed E-state index contributed by atoms with van der Waals surface area (Å²) in [4.78, 5) is 19.4. The van der Waals surface area contributed by atoms with Gasteiger partial charge in [-0.3, -0.25) is 0 Å². The third-order valence-electron chi connectivity index (χ3n) is 6.08. The van der Waals surface area contributed by atoms with Crippen molar-refractivity contribution in [3.63, 3.8) is 0 Å². The summed E-state index contributed by atoms with van der Waals surface area (Å²) in [6.45, 7) is 4.93. The first-order valence-corrected chi connectivity index (χ1v) is 12.8. The molecule has 2 heterocycles. The van der Waals surface area contributed by atoms with Gasteiger partial charge >= 0.3 is 6.03 Å². The number of anilines is 2. The van der Waals surface area contributed by atoms with Gasteiger partial charge in [-0.25, -0.2) is 13.2 Å². The molecule has 4 rings (SSSR count). The van der Waals surface area contributed by atoms with Crippen molar-refractivity contribution in [2.24, 2.45) is 0 Å². The van der Waals surface area contributed by atoms with Gasteiger partial charge in [-0.2, -0.15) is 0 Å². The van der Waals surface area contributed by atoms with Crippen molar-refractivity contribution in [1.82, 2.24) is 9.80 Å². The number of urea groups is 1. The van der Waals surface area contributed by atoms with Crippen molar-refractivity contribution in [3.05, 3.63) is 47.5 Å². The summed E-state index contributed by atoms with van der Waals surface area (Å²) in [6.07, 6.45) is 0.705. The van der Waals surface area contributed by atoms with E-state index in [1.807, 2.05) is 6.07 Å². The molecule has 1 N–H and O–H groups in total. The summed E-state index contributed by atoms with van der Waals surface area (Å²) in [5.41, 5.74) is 3.95. The lowest BCUT2D eigenvalue weighted by atomic mass is 9.96. The second kappa shape index (κ2) is 9.17. The molecule has 0 radical (unpaired) electrons. The highest BCUT2D eigenvalue weighted by molar-refractivity contribution is 8.13. The molecule has 32 heavy (non-hydrogen) atoms. The number of methoxy groups -OCH3 is 1. The fraction of sp³-hybridized carbons (Fsp3) is 0.409. The predicted octanol–water partition coefficient (Wildman–Crippen LogP) is 2.96. The number of carbonyl (C=O) groups excluding carboxylic acids is 1. The Hall–Kier alpha value is -2.49. The van der Waals surface area contributed by atoms with Crippen molar-refractivity contribution in [1.29, 1.82) is 0 Å². The second-order valence-corrected chi connectivity index (χ2v) is 10.7. The van der Waals surface area contributed by atoms with Gasteiger partial charge in [-0.15, -0.1) is 0 Å². The molecule has 0 saturated carbocycles. The summed E-state index contributed by atoms with van der Waals surface area (Å²) in [7, 11) is 5.36. The number of rotatable bonds is 4. The van der Waals surface area contributed by atoms with E-state index in [2.05, 4.69) is 28.2 Å². The summed E-state index contributed by atoms with van der Waals surface area (Å²) in [5.74, 6) is 0.857. The highest BCUT2D eigenvalue weighted by atomic mass is 35.7. The molecule has 2 aliphatic heterocycles. The van der Waals surface area contributed by atoms with E-state index in [0.29, 0.717) is 25.2 Å². The van der Waals surface area contributed by atoms with Gasteiger partial charge in [-0.05, 0) is 49.9 Å². The van der Waals surface area contributed by atoms with Crippen LogP contribution < -0.4 is 15.0 Å². The Kier molecular flexibility index (Phi) is 6.50. The number of fused-ring (bicyclic) bond motifs is 1. The maximum absolute atomic E-state index is 13.0. The number of benzene rings is 2. The Morgan fingerprint density at radius 3 is 2.31 bits per heavy atom. The van der Waals surface area contributed by atoms with Crippen LogP contribution in [-0.4, -0.2) is 71.1 Å². The van der Waals surface area contributed by atoms with Gasteiger partial charge in [0.05, 0.1) is 12.0 Å². The molecule has 8 nitrogen and oxygen atoms in total. The zero-order chi connectivity index (χ0) is 22.9. The SMILES string of the molecule is COc1ccc(N2CCN(C)CC2)c2c1CCN(C(=O)Nc1ccc(S(=O)(=O)Cl)cc1)C2. The summed E-state index contributed by atoms with van der Waals surface area (Å²) < 4.78 is 28.4. The smallest absolute Gasteiger partial charge is 0.322 e. The van der Waals surface area contributed by atoms with Gasteiger partial charge in [0.2, 0.25) is 0 Å². The van der Waals surface area contributed by atoms with Gasteiger partial charge in [0.25, 0.3) is 9.05 Å². The molecular weight excluding hydrogens is 452 g/mol. The van der Waals surface area contributed by atoms with Gasteiger partial charge in [0.15, 0.2) is 0 Å². The third-order valence-corrected chi connectivity index (χ3v) is 7.45. The van der Waals surface area contributed by atoms with Crippen molar-refractivity contribution in [2.75, 3.05) is 57.1 Å². The molecule has 1 fully saturated rings. The molecule has 0 atom stereocenters. The minimum Gasteiger partial charge on any atom is -0.496 e. The minimum absolute atomic E-state index is 0.00650. The highest BCUT2D eigenvalue weighted by Crippen LogP contribution is 2.36. The van der Waals surface area contributed by atoms with E-state index < -0.39 is 9.05 Å². The average molecular weight is 479 g/mol. The number of hydrogen-bond donors (Lipinski definition) is 1. The molecular formula is C22H27ClN4O4S. The molecule has 0 bridgehead atoms. The topological polar surface area (TPSA) is 82.2 Å². The number of amides is 2. The molecule has 0 aliphatic carbocycles. The first kappa shape index (κ1) is 22.7. The molecule has 0 unspecified atom stereocenters. The van der Waals surface area contributed by atoms with Gasteiger partial charge in [0, 0.05) is 72.5 Å². The maximum Gasteiger partial charge on any atom is 0.322 e. The molecule has 0 spiro atoms. The Morgan fingerprint density at radius 2 is 1.69 bits per heavy atom. The lowest BCUT2D eigenvalue weighted by Gasteiger charge is -2.38. The number of likely N-dealkylation sites (N-methyl/N-ethyl adjacent to an activating group) is 1. The number of piperazine rings is 1. The molecule has 2 aromatic carbocycles. The number of ether oxygens (including phenoxy) is 1. The van der Waals surface area contributed by atoms with Crippen LogP contribution in [0.5, 0.6) is 5.75 Å². The Balaban J connectivity index is 1.53. The molecule has 0 aromatic heterocycles. The number of nitrogens with one attached hydrogen (secondary N) is 1. The lowest BCUT2D eigenvalue weighted by molar-refractivity contribution is 0.206. The van der Waals surface area contributed by atoms with Crippen LogP contribution in [0.15, 0.2) is 41.3 Å². The van der Waals surface area contributed by atoms with Crippen LogP contribution in [0.2, 0.25) is 0 Å². The van der Waals surface area contributed by atoms with Crippen molar-refractivity contribution >= 4 is 37.1 Å². The summed E-state index contributed by atoms with van der Waals surface area (Å²) in [5, 5.41) is 2.85. The molecule has 2 aliphatic rings. The normalized spacial score (nSPS) is 17.1. The quantitative estimate of drug-likeness (QED) is 0.680. The van der Waals surface area contributed by atoms with Crippen molar-refractivity contribution in [2.45, 2.75) is 17.9 Å². The molecule has 172 valence electrons. The number of hydrogen-bond acceptors (Lipinski definition) is 6. The van der Waals surface area contributed by atoms with Crippen LogP contribution >= 0.6 is 10.7 Å². The zero-order valence-corrected chi connectivity index (χ0v) is 19.7. The van der Waals surface area contributed by atoms with E-state index in [1.165, 1.54) is 24.3 Å². The average Bonchev–Trinajstić information content (AvgIpc) is 2.78. The fourth-order valence-corrected chi connectivity index (χ4v) is 5.01. The van der Waals surface area contributed by atoms with E-state index in [1.54, 1.807) is 12.0 Å². The Labute approximate surface area is 193 Å². The van der Waals surface area contributed by atoms with Gasteiger partial charge in [-0.1, -0.05) is 0 Å². The second-order valence-electron chi connectivity index (χ2n) is 8.10. The first-order chi connectivity index (χ1) is 15.3. The predicted molar refractivity (Wildman–Crippen MR) is 125 cm³/mol. The highest BCUT2D eigenvalue weighted by Gasteiger charge is 2.28. The fourth-order valence-electron chi connectivity index (χ4n) is 4.24. The van der Waals surface area contributed by atoms with E-state index in [4.69, 9.17) is 15.4 Å². The largest absolute Gasteiger partial charge is 0.496 e. The Bertz CT molecular complexity index is 1100. The number of carbonyl (C=O) groups is 1. The monoisotopic (exact) mass is 478 g/mol. The summed E-state index contributed by atoms with van der Waals surface area (Å²) in [6, 6.07) is 9.70. The van der Waals surface area contributed by atoms with E-state index >= 15 is 0 Å². The maximum atomic E-state index is 13.0. The van der Waals surface area contributed by atoms with Crippen LogP contribution in [-0.2, 0) is 22.0 Å². The Morgan fingerprint density at radius 1 is 1.00 bits per heavy atom. The standard InChI is InChI=1S/C22H27ClN4O4S/c1-25-11-13-26(14-12-25)20-7-8-21(31-2)18-9-10-27(15-19(18)20)22(28)24-16-3-5-17(6-4-16)32(23,29)30/h3-8H,9-15H2,1-2H3,(H,24,28). The molecule has 1 saturated heterocycles. The number of nitrogens with zero attached hydrogens (tertiary/aromatic N) is 3. The van der Waals surface area contributed by atoms with Crippen molar-refractivity contribution in [3.8, 4) is 5.75 Å². The minimum atomic E-state index is -3.80. The van der Waals surface area contributed by atoms with Gasteiger partial charge in [0.1, 0.15) is 5.75 Å². The van der Waals surface area contributed by atoms with Crippen LogP contribution in [0, 0.1) is 0 Å². The van der Waals surface area contributed by atoms with E-state index in [9.17, 15) is 13.2 Å². The van der Waals surface area contributed by atoms with E-state index in [-0.39, 0.29) is 10.9 Å². The lowest BCUT2D eigenvalue weighted by Crippen LogP contribution is -2.46. The van der Waals surface area contributed by atoms with Crippen LogP contribution in [0.4, 0.5) is 16.2 Å². The van der Waals surface area contributed by atoms with Gasteiger partial charge < -0.3 is 24.8 Å². The van der Waals surface area contributed by atoms with E-state index in [0.717, 1.165) is 48.7 Å². The van der Waals surface area contributed by atoms with Crippen LogP contribution in [0.25, 0.3) is 0 Å². The molecule has 2 amide bonds. The zero-order valence-electron chi connectivity index (χ0n) is 18.2. The van der Waals surface area contributed by atoms with Crippen LogP contribution in [0.3, 0.4) is 0 Å². The molecule has 2 aromatic rings. The van der Waals surface area contributed by atoms with Crippen molar-refractivity contribution < 1.29 is 17.9 Å². The van der Waals surface area contributed by atoms with Crippen LogP contribution in [0.1, 0.15) is 11.1 Å². The third kappa shape index (κ3) is 4.79. The summed E-state index contributed by atoms with van der Waals surface area (Å²) >= 11 is 0. The first-order valence-electron chi connectivity index (χ1n) is 10.5. The molecule has 10 heteroatoms.